The van der Waals surface area contributed by atoms with Crippen LogP contribution in [0.4, 0.5) is 11.4 Å². The molecule has 6 nitrogen and oxygen atoms in total. The Kier molecular flexibility index (Phi) is 5.50. The van der Waals surface area contributed by atoms with Crippen molar-refractivity contribution >= 4 is 34.9 Å². The Morgan fingerprint density at radius 2 is 1.94 bits per heavy atom. The van der Waals surface area contributed by atoms with Crippen LogP contribution in [-0.2, 0) is 22.4 Å². The van der Waals surface area contributed by atoms with Crippen molar-refractivity contribution in [3.63, 3.8) is 0 Å². The molecule has 1 atom stereocenters. The van der Waals surface area contributed by atoms with Gasteiger partial charge in [-0.3, -0.25) is 4.79 Å². The summed E-state index contributed by atoms with van der Waals surface area (Å²) in [5.74, 6) is 1.05. The minimum Gasteiger partial charge on any atom is -0.465 e. The molecular weight excluding hydrogens is 416 g/mol. The van der Waals surface area contributed by atoms with Crippen molar-refractivity contribution in [2.24, 2.45) is 0 Å². The van der Waals surface area contributed by atoms with E-state index in [1.807, 2.05) is 36.4 Å². The Morgan fingerprint density at radius 3 is 2.73 bits per heavy atom. The highest BCUT2D eigenvalue weighted by atomic mass is 16.5. The summed E-state index contributed by atoms with van der Waals surface area (Å²) in [6.07, 6.45) is 5.91. The van der Waals surface area contributed by atoms with Gasteiger partial charge in [0.1, 0.15) is 11.5 Å². The van der Waals surface area contributed by atoms with Crippen molar-refractivity contribution in [2.75, 3.05) is 17.7 Å². The highest BCUT2D eigenvalue weighted by Gasteiger charge is 2.29. The van der Waals surface area contributed by atoms with Crippen molar-refractivity contribution in [1.29, 1.82) is 0 Å². The van der Waals surface area contributed by atoms with Crippen LogP contribution in [0.15, 0.2) is 52.9 Å². The predicted molar refractivity (Wildman–Crippen MR) is 128 cm³/mol. The highest BCUT2D eigenvalue weighted by molar-refractivity contribution is 6.35. The minimum absolute atomic E-state index is 0.00446. The van der Waals surface area contributed by atoms with Gasteiger partial charge in [0.25, 0.3) is 5.91 Å². The van der Waals surface area contributed by atoms with Crippen LogP contribution in [0.2, 0.25) is 0 Å². The summed E-state index contributed by atoms with van der Waals surface area (Å²) in [4.78, 5) is 24.9. The van der Waals surface area contributed by atoms with Crippen molar-refractivity contribution in [2.45, 2.75) is 38.6 Å². The molecule has 1 aliphatic carbocycles. The fraction of sp³-hybridized carbons (Fsp3) is 0.259. The molecule has 0 saturated carbocycles. The first kappa shape index (κ1) is 21.1. The van der Waals surface area contributed by atoms with Crippen LogP contribution in [0, 0.1) is 0 Å². The van der Waals surface area contributed by atoms with Crippen LogP contribution in [0.5, 0.6) is 0 Å². The molecule has 5 rings (SSSR count). The van der Waals surface area contributed by atoms with Crippen molar-refractivity contribution in [3.05, 3.63) is 82.3 Å². The number of fused-ring (bicyclic) bond motifs is 2. The lowest BCUT2D eigenvalue weighted by atomic mass is 9.91. The van der Waals surface area contributed by atoms with Crippen LogP contribution < -0.4 is 10.6 Å². The first-order chi connectivity index (χ1) is 16.0. The number of benzene rings is 2. The van der Waals surface area contributed by atoms with E-state index in [-0.39, 0.29) is 11.9 Å². The molecule has 0 bridgehead atoms. The molecule has 1 aromatic heterocycles. The van der Waals surface area contributed by atoms with E-state index in [1.165, 1.54) is 12.7 Å². The zero-order valence-corrected chi connectivity index (χ0v) is 18.7. The zero-order chi connectivity index (χ0) is 22.9. The maximum Gasteiger partial charge on any atom is 0.337 e. The molecule has 1 amide bonds. The molecule has 0 radical (unpaired) electrons. The average molecular weight is 443 g/mol. The normalized spacial score (nSPS) is 16.7. The van der Waals surface area contributed by atoms with E-state index in [1.54, 1.807) is 18.2 Å². The lowest BCUT2D eigenvalue weighted by Gasteiger charge is -2.18. The summed E-state index contributed by atoms with van der Waals surface area (Å²) >= 11 is 0. The zero-order valence-electron chi connectivity index (χ0n) is 18.7. The number of ether oxygens (including phenoxy) is 1. The number of rotatable bonds is 5. The van der Waals surface area contributed by atoms with Gasteiger partial charge in [-0.2, -0.15) is 0 Å². The fourth-order valence-corrected chi connectivity index (χ4v) is 4.76. The minimum atomic E-state index is -0.439. The Balaban J connectivity index is 1.58. The largest absolute Gasteiger partial charge is 0.465 e. The second-order valence-electron chi connectivity index (χ2n) is 8.48. The van der Waals surface area contributed by atoms with Crippen molar-refractivity contribution in [1.82, 2.24) is 0 Å². The lowest BCUT2D eigenvalue weighted by Crippen LogP contribution is -2.11. The van der Waals surface area contributed by atoms with Crippen LogP contribution in [-0.4, -0.2) is 19.0 Å². The Labute approximate surface area is 192 Å². The number of carbonyl (C=O) groups is 2. The SMILES string of the molecule is COC(=O)c1ccc2c(c1)C(=Cc1oc3c(c1C(C)Nc1ccccc1)CCCC3)C(=O)N2. The molecule has 2 heterocycles. The quantitative estimate of drug-likeness (QED) is 0.396. The van der Waals surface area contributed by atoms with Crippen molar-refractivity contribution in [3.8, 4) is 0 Å². The van der Waals surface area contributed by atoms with Crippen LogP contribution in [0.3, 0.4) is 0 Å². The summed E-state index contributed by atoms with van der Waals surface area (Å²) in [6, 6.07) is 15.1. The lowest BCUT2D eigenvalue weighted by molar-refractivity contribution is -0.110. The molecule has 0 spiro atoms. The molecule has 1 unspecified atom stereocenters. The molecule has 33 heavy (non-hydrogen) atoms. The molecule has 2 aliphatic rings. The smallest absolute Gasteiger partial charge is 0.337 e. The molecule has 3 aromatic rings. The van der Waals surface area contributed by atoms with E-state index in [0.29, 0.717) is 28.1 Å². The van der Waals surface area contributed by atoms with Crippen LogP contribution in [0.1, 0.15) is 64.4 Å². The molecular formula is C27H26N2O4. The molecule has 2 aromatic carbocycles. The Hall–Kier alpha value is -3.80. The van der Waals surface area contributed by atoms with E-state index in [4.69, 9.17) is 9.15 Å². The predicted octanol–water partition coefficient (Wildman–Crippen LogP) is 5.61. The summed E-state index contributed by atoms with van der Waals surface area (Å²) in [6.45, 7) is 2.12. The number of amides is 1. The van der Waals surface area contributed by atoms with E-state index in [0.717, 1.165) is 42.7 Å². The number of aryl methyl sites for hydroxylation is 1. The molecule has 2 N–H and O–H groups in total. The molecule has 168 valence electrons. The van der Waals surface area contributed by atoms with E-state index in [2.05, 4.69) is 17.6 Å². The number of methoxy groups -OCH3 is 1. The summed E-state index contributed by atoms with van der Waals surface area (Å²) in [5.41, 5.74) is 5.59. The summed E-state index contributed by atoms with van der Waals surface area (Å²) < 4.78 is 11.2. The molecule has 0 fully saturated rings. The summed E-state index contributed by atoms with van der Waals surface area (Å²) in [7, 11) is 1.34. The fourth-order valence-electron chi connectivity index (χ4n) is 4.76. The highest BCUT2D eigenvalue weighted by Crippen LogP contribution is 2.39. The van der Waals surface area contributed by atoms with Gasteiger partial charge in [-0.1, -0.05) is 18.2 Å². The number of esters is 1. The number of hydrogen-bond acceptors (Lipinski definition) is 5. The van der Waals surface area contributed by atoms with E-state index in [9.17, 15) is 9.59 Å². The van der Waals surface area contributed by atoms with Gasteiger partial charge in [-0.05, 0) is 68.2 Å². The molecule has 6 heteroatoms. The number of furan rings is 1. The van der Waals surface area contributed by atoms with Gasteiger partial charge < -0.3 is 19.8 Å². The monoisotopic (exact) mass is 442 g/mol. The second kappa shape index (κ2) is 8.62. The standard InChI is InChI=1S/C27H26N2O4/c1-16(28-18-8-4-3-5-9-18)25-19-10-6-7-11-23(19)33-24(25)15-21-20-14-17(27(31)32-2)12-13-22(20)29-26(21)30/h3-5,8-9,12-16,28H,6-7,10-11H2,1-2H3,(H,29,30). The van der Waals surface area contributed by atoms with Gasteiger partial charge in [0.05, 0.1) is 24.3 Å². The second-order valence-corrected chi connectivity index (χ2v) is 8.48. The van der Waals surface area contributed by atoms with Gasteiger partial charge >= 0.3 is 5.97 Å². The van der Waals surface area contributed by atoms with Crippen LogP contribution >= 0.6 is 0 Å². The maximum absolute atomic E-state index is 12.8. The Morgan fingerprint density at radius 1 is 1.15 bits per heavy atom. The topological polar surface area (TPSA) is 80.6 Å². The number of anilines is 2. The van der Waals surface area contributed by atoms with Gasteiger partial charge in [0, 0.05) is 28.9 Å². The third kappa shape index (κ3) is 3.93. The molecule has 1 aliphatic heterocycles. The third-order valence-corrected chi connectivity index (χ3v) is 6.33. The van der Waals surface area contributed by atoms with E-state index >= 15 is 0 Å². The van der Waals surface area contributed by atoms with E-state index < -0.39 is 5.97 Å². The van der Waals surface area contributed by atoms with Gasteiger partial charge in [-0.25, -0.2) is 4.79 Å². The third-order valence-electron chi connectivity index (χ3n) is 6.33. The number of para-hydroxylation sites is 1. The van der Waals surface area contributed by atoms with Crippen molar-refractivity contribution < 1.29 is 18.7 Å². The number of hydrogen-bond donors (Lipinski definition) is 2. The number of carbonyl (C=O) groups excluding carboxylic acids is 2. The van der Waals surface area contributed by atoms with Crippen LogP contribution in [0.25, 0.3) is 11.6 Å². The Bertz CT molecular complexity index is 1260. The first-order valence-electron chi connectivity index (χ1n) is 11.3. The molecule has 0 saturated heterocycles. The number of nitrogens with one attached hydrogen (secondary N) is 2. The van der Waals surface area contributed by atoms with Gasteiger partial charge in [0.2, 0.25) is 0 Å². The van der Waals surface area contributed by atoms with Gasteiger partial charge in [-0.15, -0.1) is 0 Å². The average Bonchev–Trinajstić information content (AvgIpc) is 3.36. The van der Waals surface area contributed by atoms with Gasteiger partial charge in [0.15, 0.2) is 0 Å². The first-order valence-corrected chi connectivity index (χ1v) is 11.3. The summed E-state index contributed by atoms with van der Waals surface area (Å²) in [5, 5.41) is 6.46. The maximum atomic E-state index is 12.8.